The maximum atomic E-state index is 11.5. The number of nitrogens with one attached hydrogen (secondary N) is 2. The van der Waals surface area contributed by atoms with E-state index in [0.717, 1.165) is 0 Å². The summed E-state index contributed by atoms with van der Waals surface area (Å²) < 4.78 is 31.7. The van der Waals surface area contributed by atoms with E-state index in [1.807, 2.05) is 6.92 Å². The topological polar surface area (TPSA) is 170 Å². The number of carboxylic acids is 3. The summed E-state index contributed by atoms with van der Waals surface area (Å²) in [4.78, 5) is 52.7. The second-order valence-corrected chi connectivity index (χ2v) is 5.04. The second-order valence-electron chi connectivity index (χ2n) is 5.04. The van der Waals surface area contributed by atoms with E-state index >= 15 is 0 Å². The van der Waals surface area contributed by atoms with Crippen molar-refractivity contribution in [3.63, 3.8) is 0 Å². The van der Waals surface area contributed by atoms with Gasteiger partial charge in [0.2, 0.25) is 11.8 Å². The van der Waals surface area contributed by atoms with Crippen LogP contribution in [-0.2, 0) is 24.0 Å². The summed E-state index contributed by atoms with van der Waals surface area (Å²) in [5, 5.41) is 29.2. The van der Waals surface area contributed by atoms with Crippen molar-refractivity contribution in [2.75, 3.05) is 6.54 Å². The average molecular weight is 402 g/mol. The first-order chi connectivity index (χ1) is 12.3. The minimum atomic E-state index is -5.08. The number of aliphatic carboxylic acids is 3. The van der Waals surface area contributed by atoms with Gasteiger partial charge >= 0.3 is 24.1 Å². The summed E-state index contributed by atoms with van der Waals surface area (Å²) in [5.41, 5.74) is 0. The van der Waals surface area contributed by atoms with Crippen LogP contribution in [0.3, 0.4) is 0 Å². The molecule has 0 radical (unpaired) electrons. The van der Waals surface area contributed by atoms with Crippen molar-refractivity contribution < 1.29 is 52.5 Å². The van der Waals surface area contributed by atoms with Gasteiger partial charge in [-0.25, -0.2) is 9.59 Å². The van der Waals surface area contributed by atoms with Crippen LogP contribution in [0, 0.1) is 0 Å². The molecule has 0 heterocycles. The molecule has 0 bridgehead atoms. The van der Waals surface area contributed by atoms with Gasteiger partial charge < -0.3 is 26.0 Å². The molecule has 5 N–H and O–H groups in total. The molecule has 0 aliphatic rings. The molecule has 0 aromatic rings. The van der Waals surface area contributed by atoms with Gasteiger partial charge in [-0.15, -0.1) is 0 Å². The Morgan fingerprint density at radius 3 is 1.81 bits per heavy atom. The monoisotopic (exact) mass is 402 g/mol. The van der Waals surface area contributed by atoms with E-state index in [0.29, 0.717) is 12.8 Å². The molecule has 0 aliphatic heterocycles. The molecule has 10 nitrogen and oxygen atoms in total. The Bertz CT molecular complexity index is 537. The molecule has 0 aromatic heterocycles. The number of hydrogen-bond acceptors (Lipinski definition) is 5. The van der Waals surface area contributed by atoms with Crippen LogP contribution in [0.1, 0.15) is 39.0 Å². The van der Waals surface area contributed by atoms with E-state index < -0.39 is 36.0 Å². The molecule has 0 spiro atoms. The minimum absolute atomic E-state index is 0.0493. The number of carbonyl (C=O) groups is 5. The predicted octanol–water partition coefficient (Wildman–Crippen LogP) is 0.360. The Labute approximate surface area is 151 Å². The van der Waals surface area contributed by atoms with Crippen LogP contribution >= 0.6 is 0 Å². The summed E-state index contributed by atoms with van der Waals surface area (Å²) in [6, 6.07) is -1.23. The van der Waals surface area contributed by atoms with Crippen LogP contribution in [0.15, 0.2) is 0 Å². The van der Waals surface area contributed by atoms with E-state index in [4.69, 9.17) is 20.1 Å². The van der Waals surface area contributed by atoms with E-state index in [1.54, 1.807) is 0 Å². The first-order valence-corrected chi connectivity index (χ1v) is 7.62. The fraction of sp³-hybridized carbons (Fsp3) is 0.643. The van der Waals surface area contributed by atoms with Crippen molar-refractivity contribution in [1.29, 1.82) is 0 Å². The van der Waals surface area contributed by atoms with Gasteiger partial charge in [-0.3, -0.25) is 14.4 Å². The Morgan fingerprint density at radius 2 is 1.44 bits per heavy atom. The summed E-state index contributed by atoms with van der Waals surface area (Å²) in [6.45, 7) is 1.97. The van der Waals surface area contributed by atoms with Crippen LogP contribution in [0.2, 0.25) is 0 Å². The number of carbonyl (C=O) groups excluding carboxylic acids is 2. The highest BCUT2D eigenvalue weighted by Crippen LogP contribution is 2.13. The van der Waals surface area contributed by atoms with Crippen molar-refractivity contribution in [3.8, 4) is 0 Å². The fourth-order valence-corrected chi connectivity index (χ4v) is 1.42. The molecule has 0 aromatic carbocycles. The van der Waals surface area contributed by atoms with Crippen molar-refractivity contribution in [3.05, 3.63) is 0 Å². The Balaban J connectivity index is 0. The minimum Gasteiger partial charge on any atom is -0.481 e. The summed E-state index contributed by atoms with van der Waals surface area (Å²) in [7, 11) is 0. The van der Waals surface area contributed by atoms with Gasteiger partial charge in [0, 0.05) is 25.8 Å². The largest absolute Gasteiger partial charge is 0.490 e. The lowest BCUT2D eigenvalue weighted by Crippen LogP contribution is -2.42. The van der Waals surface area contributed by atoms with Gasteiger partial charge in [-0.05, 0) is 12.8 Å². The molecule has 0 rings (SSSR count). The number of alkyl halides is 3. The summed E-state index contributed by atoms with van der Waals surface area (Å²) >= 11 is 0. The number of amides is 2. The number of halogens is 3. The molecule has 1 atom stereocenters. The van der Waals surface area contributed by atoms with Crippen molar-refractivity contribution in [2.45, 2.75) is 51.2 Å². The first kappa shape index (κ1) is 26.4. The summed E-state index contributed by atoms with van der Waals surface area (Å²) in [6.07, 6.45) is -4.58. The molecular weight excluding hydrogens is 381 g/mol. The third-order valence-electron chi connectivity index (χ3n) is 2.67. The van der Waals surface area contributed by atoms with Gasteiger partial charge in [0.1, 0.15) is 6.04 Å². The highest BCUT2D eigenvalue weighted by molar-refractivity contribution is 5.84. The molecule has 0 saturated carbocycles. The standard InChI is InChI=1S/C12H20N2O6.C2HF3O2/c1-2-3-9(15)13-7-6-10(16)14-8(12(19)20)4-5-11(17)18;3-2(4,5)1(6)7/h8H,2-7H2,1H3,(H,13,15)(H,14,16)(H,17,18)(H,19,20);(H,6,7)/t8-;/m1./s1. The van der Waals surface area contributed by atoms with Crippen LogP contribution in [0.25, 0.3) is 0 Å². The highest BCUT2D eigenvalue weighted by Gasteiger charge is 2.38. The molecular formula is C14H21F3N2O8. The van der Waals surface area contributed by atoms with E-state index in [1.165, 1.54) is 0 Å². The summed E-state index contributed by atoms with van der Waals surface area (Å²) in [5.74, 6) is -5.88. The van der Waals surface area contributed by atoms with Crippen LogP contribution in [-0.4, -0.2) is 63.8 Å². The molecule has 0 saturated heterocycles. The number of hydrogen-bond donors (Lipinski definition) is 5. The van der Waals surface area contributed by atoms with Crippen LogP contribution in [0.5, 0.6) is 0 Å². The molecule has 2 amide bonds. The van der Waals surface area contributed by atoms with E-state index in [2.05, 4.69) is 10.6 Å². The van der Waals surface area contributed by atoms with Gasteiger partial charge in [-0.2, -0.15) is 13.2 Å². The van der Waals surface area contributed by atoms with E-state index in [9.17, 15) is 32.3 Å². The fourth-order valence-electron chi connectivity index (χ4n) is 1.42. The quantitative estimate of drug-likeness (QED) is 0.349. The van der Waals surface area contributed by atoms with E-state index in [-0.39, 0.29) is 31.7 Å². The lowest BCUT2D eigenvalue weighted by molar-refractivity contribution is -0.192. The lowest BCUT2D eigenvalue weighted by Gasteiger charge is -2.13. The van der Waals surface area contributed by atoms with Crippen molar-refractivity contribution in [1.82, 2.24) is 10.6 Å². The Kier molecular flexibility index (Phi) is 13.0. The van der Waals surface area contributed by atoms with Gasteiger partial charge in [0.05, 0.1) is 0 Å². The maximum absolute atomic E-state index is 11.5. The average Bonchev–Trinajstić information content (AvgIpc) is 2.50. The highest BCUT2D eigenvalue weighted by atomic mass is 19.4. The Morgan fingerprint density at radius 1 is 0.926 bits per heavy atom. The number of rotatable bonds is 10. The second kappa shape index (κ2) is 13.4. The van der Waals surface area contributed by atoms with Crippen molar-refractivity contribution >= 4 is 29.7 Å². The Hall–Kier alpha value is -2.86. The molecule has 13 heteroatoms. The molecule has 0 fully saturated rings. The zero-order valence-electron chi connectivity index (χ0n) is 14.3. The molecule has 156 valence electrons. The zero-order valence-corrected chi connectivity index (χ0v) is 14.3. The van der Waals surface area contributed by atoms with Crippen LogP contribution in [0.4, 0.5) is 13.2 Å². The number of carboxylic acid groups (broad SMARTS) is 3. The third-order valence-corrected chi connectivity index (χ3v) is 2.67. The van der Waals surface area contributed by atoms with Gasteiger partial charge in [0.15, 0.2) is 0 Å². The normalized spacial score (nSPS) is 11.4. The van der Waals surface area contributed by atoms with Gasteiger partial charge in [0.25, 0.3) is 0 Å². The molecule has 27 heavy (non-hydrogen) atoms. The third kappa shape index (κ3) is 16.4. The maximum Gasteiger partial charge on any atom is 0.490 e. The smallest absolute Gasteiger partial charge is 0.481 e. The first-order valence-electron chi connectivity index (χ1n) is 7.62. The molecule has 0 unspecified atom stereocenters. The van der Waals surface area contributed by atoms with Crippen molar-refractivity contribution in [2.24, 2.45) is 0 Å². The lowest BCUT2D eigenvalue weighted by atomic mass is 10.1. The van der Waals surface area contributed by atoms with Crippen LogP contribution < -0.4 is 10.6 Å². The van der Waals surface area contributed by atoms with Gasteiger partial charge in [-0.1, -0.05) is 6.92 Å². The predicted molar refractivity (Wildman–Crippen MR) is 82.7 cm³/mol. The molecule has 0 aliphatic carbocycles. The SMILES string of the molecule is CCCC(=O)NCCC(=O)N[C@H](CCC(=O)O)C(=O)O.O=C(O)C(F)(F)F. The zero-order chi connectivity index (χ0) is 21.6.